The van der Waals surface area contributed by atoms with Gasteiger partial charge in [-0.3, -0.25) is 0 Å². The van der Waals surface area contributed by atoms with Crippen molar-refractivity contribution in [3.8, 4) is 0 Å². The molecule has 0 bridgehead atoms. The highest BCUT2D eigenvalue weighted by Gasteiger charge is 2.00. The van der Waals surface area contributed by atoms with Gasteiger partial charge >= 0.3 is 0 Å². The third kappa shape index (κ3) is 1.27. The van der Waals surface area contributed by atoms with E-state index < -0.39 is 0 Å². The van der Waals surface area contributed by atoms with Crippen molar-refractivity contribution >= 4 is 38.6 Å². The minimum Gasteiger partial charge on any atom is -0.360 e. The molecule has 1 heterocycles. The second-order valence-corrected chi connectivity index (χ2v) is 4.28. The maximum absolute atomic E-state index is 3.49. The van der Waals surface area contributed by atoms with Gasteiger partial charge in [0.05, 0.1) is 0 Å². The molecule has 0 unspecified atom stereocenters. The molecule has 1 nitrogen and oxygen atoms in total. The Morgan fingerprint density at radius 2 is 2.25 bits per heavy atom. The quantitative estimate of drug-likeness (QED) is 0.754. The Labute approximate surface area is 83.7 Å². The molecule has 0 amide bonds. The van der Waals surface area contributed by atoms with Crippen LogP contribution in [0.25, 0.3) is 10.9 Å². The molecule has 1 aromatic carbocycles. The molecule has 0 fully saturated rings. The summed E-state index contributed by atoms with van der Waals surface area (Å²) in [6, 6.07) is 6.41. The Morgan fingerprint density at radius 3 is 3.00 bits per heavy atom. The molecule has 0 aliphatic rings. The fourth-order valence-corrected chi connectivity index (χ4v) is 2.07. The lowest BCUT2D eigenvalue weighted by Gasteiger charge is -1.95. The summed E-state index contributed by atoms with van der Waals surface area (Å²) in [6.45, 7) is 0. The number of aromatic amines is 1. The summed E-state index contributed by atoms with van der Waals surface area (Å²) in [5.41, 5.74) is 1.18. The number of aromatic nitrogens is 1. The average molecular weight is 242 g/mol. The van der Waals surface area contributed by atoms with Gasteiger partial charge in [-0.1, -0.05) is 0 Å². The molecule has 2 aromatic rings. The molecule has 2 rings (SSSR count). The van der Waals surface area contributed by atoms with E-state index in [0.29, 0.717) is 0 Å². The number of H-pyrrole nitrogens is 1. The zero-order valence-corrected chi connectivity index (χ0v) is 9.00. The van der Waals surface area contributed by atoms with E-state index in [1.54, 1.807) is 11.8 Å². The summed E-state index contributed by atoms with van der Waals surface area (Å²) in [5.74, 6) is 0. The van der Waals surface area contributed by atoms with Crippen molar-refractivity contribution in [2.45, 2.75) is 4.90 Å². The van der Waals surface area contributed by atoms with Gasteiger partial charge in [-0.05, 0) is 40.4 Å². The lowest BCUT2D eigenvalue weighted by molar-refractivity contribution is 1.45. The minimum atomic E-state index is 1.13. The van der Waals surface area contributed by atoms with E-state index in [9.17, 15) is 0 Å². The van der Waals surface area contributed by atoms with Crippen molar-refractivity contribution in [2.75, 3.05) is 6.26 Å². The van der Waals surface area contributed by atoms with E-state index in [1.807, 2.05) is 6.20 Å². The van der Waals surface area contributed by atoms with Crippen LogP contribution < -0.4 is 0 Å². The second-order valence-electron chi connectivity index (χ2n) is 2.55. The van der Waals surface area contributed by atoms with Crippen LogP contribution in [0, 0.1) is 0 Å². The summed E-state index contributed by atoms with van der Waals surface area (Å²) in [5, 5.41) is 1.25. The van der Waals surface area contributed by atoms with Crippen molar-refractivity contribution in [3.05, 3.63) is 28.9 Å². The van der Waals surface area contributed by atoms with E-state index in [-0.39, 0.29) is 0 Å². The fourth-order valence-electron chi connectivity index (χ4n) is 1.19. The molecule has 0 aliphatic heterocycles. The number of hydrogen-bond donors (Lipinski definition) is 1. The monoisotopic (exact) mass is 241 g/mol. The largest absolute Gasteiger partial charge is 0.360 e. The molecule has 1 aromatic heterocycles. The zero-order valence-electron chi connectivity index (χ0n) is 6.60. The van der Waals surface area contributed by atoms with Crippen molar-refractivity contribution in [3.63, 3.8) is 0 Å². The predicted molar refractivity (Wildman–Crippen MR) is 57.8 cm³/mol. The van der Waals surface area contributed by atoms with Gasteiger partial charge in [-0.2, -0.15) is 0 Å². The Balaban J connectivity index is 2.71. The number of hydrogen-bond acceptors (Lipinski definition) is 1. The van der Waals surface area contributed by atoms with Gasteiger partial charge in [-0.25, -0.2) is 0 Å². The van der Waals surface area contributed by atoms with Crippen LogP contribution in [0.3, 0.4) is 0 Å². The SMILES string of the molecule is CSc1ccc2[nH]cc(Br)c2c1. The first-order valence-electron chi connectivity index (χ1n) is 3.62. The molecule has 0 radical (unpaired) electrons. The lowest BCUT2D eigenvalue weighted by atomic mass is 10.2. The third-order valence-electron chi connectivity index (χ3n) is 1.84. The summed E-state index contributed by atoms with van der Waals surface area (Å²) in [6.07, 6.45) is 4.05. The maximum Gasteiger partial charge on any atom is 0.0466 e. The first kappa shape index (κ1) is 8.20. The standard InChI is InChI=1S/C9H8BrNS/c1-12-6-2-3-9-7(4-6)8(10)5-11-9/h2-5,11H,1H3. The second kappa shape index (κ2) is 3.15. The molecule has 0 atom stereocenters. The predicted octanol–water partition coefficient (Wildman–Crippen LogP) is 3.65. The van der Waals surface area contributed by atoms with E-state index in [4.69, 9.17) is 0 Å². The molecule has 62 valence electrons. The molecule has 0 saturated carbocycles. The van der Waals surface area contributed by atoms with Gasteiger partial charge < -0.3 is 4.98 Å². The summed E-state index contributed by atoms with van der Waals surface area (Å²) >= 11 is 5.25. The van der Waals surface area contributed by atoms with Crippen LogP contribution in [-0.2, 0) is 0 Å². The van der Waals surface area contributed by atoms with Crippen molar-refractivity contribution in [1.29, 1.82) is 0 Å². The molecule has 0 aliphatic carbocycles. The van der Waals surface area contributed by atoms with E-state index >= 15 is 0 Å². The lowest BCUT2D eigenvalue weighted by Crippen LogP contribution is -1.70. The maximum atomic E-state index is 3.49. The van der Waals surface area contributed by atoms with Crippen LogP contribution in [0.2, 0.25) is 0 Å². The van der Waals surface area contributed by atoms with Crippen LogP contribution in [0.1, 0.15) is 0 Å². The first-order valence-corrected chi connectivity index (χ1v) is 5.63. The summed E-state index contributed by atoms with van der Waals surface area (Å²) < 4.78 is 1.13. The number of rotatable bonds is 1. The number of nitrogens with one attached hydrogen (secondary N) is 1. The Bertz CT molecular complexity index is 408. The number of thioether (sulfide) groups is 1. The topological polar surface area (TPSA) is 15.8 Å². The van der Waals surface area contributed by atoms with Crippen molar-refractivity contribution < 1.29 is 0 Å². The van der Waals surface area contributed by atoms with Crippen LogP contribution in [0.5, 0.6) is 0 Å². The molecule has 1 N–H and O–H groups in total. The van der Waals surface area contributed by atoms with Crippen LogP contribution in [0.4, 0.5) is 0 Å². The fraction of sp³-hybridized carbons (Fsp3) is 0.111. The Kier molecular flexibility index (Phi) is 2.15. The van der Waals surface area contributed by atoms with Crippen LogP contribution in [0.15, 0.2) is 33.8 Å². The zero-order chi connectivity index (χ0) is 8.55. The Morgan fingerprint density at radius 1 is 1.42 bits per heavy atom. The normalized spacial score (nSPS) is 10.8. The minimum absolute atomic E-state index is 1.13. The van der Waals surface area contributed by atoms with Gasteiger partial charge in [0.25, 0.3) is 0 Å². The molecular weight excluding hydrogens is 234 g/mol. The molecule has 12 heavy (non-hydrogen) atoms. The number of benzene rings is 1. The molecule has 0 spiro atoms. The van der Waals surface area contributed by atoms with Crippen molar-refractivity contribution in [2.24, 2.45) is 0 Å². The van der Waals surface area contributed by atoms with E-state index in [1.165, 1.54) is 15.8 Å². The van der Waals surface area contributed by atoms with Gasteiger partial charge in [0.1, 0.15) is 0 Å². The van der Waals surface area contributed by atoms with Gasteiger partial charge in [0.2, 0.25) is 0 Å². The van der Waals surface area contributed by atoms with E-state index in [0.717, 1.165) is 4.47 Å². The highest BCUT2D eigenvalue weighted by Crippen LogP contribution is 2.27. The van der Waals surface area contributed by atoms with Gasteiger partial charge in [-0.15, -0.1) is 11.8 Å². The third-order valence-corrected chi connectivity index (χ3v) is 3.22. The molecule has 0 saturated heterocycles. The Hall–Kier alpha value is -0.410. The van der Waals surface area contributed by atoms with Crippen molar-refractivity contribution in [1.82, 2.24) is 4.98 Å². The van der Waals surface area contributed by atoms with Crippen LogP contribution in [-0.4, -0.2) is 11.2 Å². The number of halogens is 1. The van der Waals surface area contributed by atoms with E-state index in [2.05, 4.69) is 45.4 Å². The highest BCUT2D eigenvalue weighted by molar-refractivity contribution is 9.10. The van der Waals surface area contributed by atoms with Gasteiger partial charge in [0.15, 0.2) is 0 Å². The van der Waals surface area contributed by atoms with Crippen LogP contribution >= 0.6 is 27.7 Å². The summed E-state index contributed by atoms with van der Waals surface area (Å²) in [4.78, 5) is 4.48. The molecular formula is C9H8BrNS. The molecule has 3 heteroatoms. The highest BCUT2D eigenvalue weighted by atomic mass is 79.9. The summed E-state index contributed by atoms with van der Waals surface area (Å²) in [7, 11) is 0. The number of fused-ring (bicyclic) bond motifs is 1. The smallest absolute Gasteiger partial charge is 0.0466 e. The van der Waals surface area contributed by atoms with Gasteiger partial charge in [0, 0.05) is 26.5 Å². The average Bonchev–Trinajstić information content (AvgIpc) is 2.47. The first-order chi connectivity index (χ1) is 5.81.